The monoisotopic (exact) mass is 282 g/mol. The van der Waals surface area contributed by atoms with Crippen LogP contribution < -0.4 is 4.74 Å². The van der Waals surface area contributed by atoms with Crippen LogP contribution in [0, 0.1) is 5.82 Å². The van der Waals surface area contributed by atoms with Gasteiger partial charge >= 0.3 is 0 Å². The van der Waals surface area contributed by atoms with Crippen LogP contribution in [-0.2, 0) is 16.7 Å². The summed E-state index contributed by atoms with van der Waals surface area (Å²) in [5.74, 6) is 0.137. The Bertz CT molecular complexity index is 648. The van der Waals surface area contributed by atoms with Gasteiger partial charge in [-0.15, -0.1) is 0 Å². The van der Waals surface area contributed by atoms with Crippen molar-refractivity contribution < 1.29 is 22.1 Å². The molecular weight excluding hydrogens is 271 g/mol. The molecule has 0 radical (unpaired) electrons. The van der Waals surface area contributed by atoms with E-state index in [0.29, 0.717) is 5.75 Å². The summed E-state index contributed by atoms with van der Waals surface area (Å²) >= 11 is 0. The summed E-state index contributed by atoms with van der Waals surface area (Å²) in [6.45, 7) is 0.242. The van der Waals surface area contributed by atoms with Crippen molar-refractivity contribution in [3.05, 3.63) is 59.9 Å². The molecule has 0 heterocycles. The fraction of sp³-hybridized carbons (Fsp3) is 0.0769. The minimum atomic E-state index is -4.19. The third kappa shape index (κ3) is 3.77. The molecule has 0 saturated heterocycles. The maximum absolute atomic E-state index is 12.7. The van der Waals surface area contributed by atoms with Crippen molar-refractivity contribution in [1.29, 1.82) is 0 Å². The zero-order valence-corrected chi connectivity index (χ0v) is 10.6. The zero-order valence-electron chi connectivity index (χ0n) is 9.78. The molecule has 6 heteroatoms. The summed E-state index contributed by atoms with van der Waals surface area (Å²) < 4.78 is 48.6. The first-order valence-electron chi connectivity index (χ1n) is 5.40. The van der Waals surface area contributed by atoms with Gasteiger partial charge in [-0.05, 0) is 42.0 Å². The van der Waals surface area contributed by atoms with Crippen molar-refractivity contribution in [3.63, 3.8) is 0 Å². The lowest BCUT2D eigenvalue weighted by Crippen LogP contribution is -1.99. The van der Waals surface area contributed by atoms with E-state index < -0.39 is 10.1 Å². The lowest BCUT2D eigenvalue weighted by Gasteiger charge is -2.06. The molecule has 0 saturated carbocycles. The van der Waals surface area contributed by atoms with Gasteiger partial charge in [-0.25, -0.2) is 4.39 Å². The maximum Gasteiger partial charge on any atom is 0.294 e. The molecule has 4 nitrogen and oxygen atoms in total. The Kier molecular flexibility index (Phi) is 3.82. The van der Waals surface area contributed by atoms with Crippen molar-refractivity contribution >= 4 is 10.1 Å². The van der Waals surface area contributed by atoms with E-state index in [1.807, 2.05) is 0 Å². The lowest BCUT2D eigenvalue weighted by atomic mass is 10.2. The highest BCUT2D eigenvalue weighted by Crippen LogP contribution is 2.17. The number of hydrogen-bond acceptors (Lipinski definition) is 3. The normalized spacial score (nSPS) is 11.3. The second-order valence-electron chi connectivity index (χ2n) is 3.86. The van der Waals surface area contributed by atoms with Crippen LogP contribution in [0.1, 0.15) is 5.56 Å². The smallest absolute Gasteiger partial charge is 0.294 e. The number of halogens is 1. The third-order valence-corrected chi connectivity index (χ3v) is 3.31. The molecule has 0 atom stereocenters. The Morgan fingerprint density at radius 3 is 2.11 bits per heavy atom. The van der Waals surface area contributed by atoms with Gasteiger partial charge in [0.2, 0.25) is 0 Å². The summed E-state index contributed by atoms with van der Waals surface area (Å²) in [5, 5.41) is 0. The summed E-state index contributed by atoms with van der Waals surface area (Å²) in [4.78, 5) is -0.193. The Balaban J connectivity index is 2.02. The molecule has 2 rings (SSSR count). The first kappa shape index (κ1) is 13.5. The molecule has 0 amide bonds. The Morgan fingerprint density at radius 1 is 1.00 bits per heavy atom. The number of hydrogen-bond donors (Lipinski definition) is 1. The standard InChI is InChI=1S/C13H11FO4S/c14-11-3-1-10(2-4-11)9-18-12-5-7-13(8-6-12)19(15,16)17/h1-8H,9H2,(H,15,16,17). The first-order chi connectivity index (χ1) is 8.95. The minimum absolute atomic E-state index is 0.193. The molecule has 0 bridgehead atoms. The highest BCUT2D eigenvalue weighted by Gasteiger charge is 2.08. The van der Waals surface area contributed by atoms with Crippen LogP contribution in [0.2, 0.25) is 0 Å². The highest BCUT2D eigenvalue weighted by atomic mass is 32.2. The number of ether oxygens (including phenoxy) is 1. The number of rotatable bonds is 4. The molecule has 0 unspecified atom stereocenters. The van der Waals surface area contributed by atoms with E-state index in [2.05, 4.69) is 0 Å². The minimum Gasteiger partial charge on any atom is -0.489 e. The van der Waals surface area contributed by atoms with Crippen molar-refractivity contribution in [1.82, 2.24) is 0 Å². The van der Waals surface area contributed by atoms with Crippen molar-refractivity contribution in [2.75, 3.05) is 0 Å². The van der Waals surface area contributed by atoms with Crippen molar-refractivity contribution in [3.8, 4) is 5.75 Å². The van der Waals surface area contributed by atoms with Crippen LogP contribution in [0.4, 0.5) is 4.39 Å². The van der Waals surface area contributed by atoms with Gasteiger partial charge in [0, 0.05) is 0 Å². The number of benzene rings is 2. The molecule has 19 heavy (non-hydrogen) atoms. The molecule has 2 aromatic rings. The van der Waals surface area contributed by atoms with Gasteiger partial charge in [-0.2, -0.15) is 8.42 Å². The molecule has 0 spiro atoms. The molecule has 0 fully saturated rings. The van der Waals surface area contributed by atoms with E-state index in [1.54, 1.807) is 12.1 Å². The predicted octanol–water partition coefficient (Wildman–Crippen LogP) is 2.65. The Labute approximate surface area is 110 Å². The summed E-state index contributed by atoms with van der Waals surface area (Å²) in [6, 6.07) is 11.2. The molecule has 0 aliphatic rings. The quantitative estimate of drug-likeness (QED) is 0.876. The van der Waals surface area contributed by atoms with Gasteiger partial charge in [-0.1, -0.05) is 12.1 Å². The van der Waals surface area contributed by atoms with Crippen LogP contribution in [0.3, 0.4) is 0 Å². The molecule has 2 aromatic carbocycles. The fourth-order valence-electron chi connectivity index (χ4n) is 1.46. The largest absolute Gasteiger partial charge is 0.489 e. The zero-order chi connectivity index (χ0) is 13.9. The average molecular weight is 282 g/mol. The lowest BCUT2D eigenvalue weighted by molar-refractivity contribution is 0.306. The van der Waals surface area contributed by atoms with E-state index in [1.165, 1.54) is 36.4 Å². The molecule has 0 aromatic heterocycles. The fourth-order valence-corrected chi connectivity index (χ4v) is 1.94. The van der Waals surface area contributed by atoms with E-state index in [9.17, 15) is 12.8 Å². The maximum atomic E-state index is 12.7. The van der Waals surface area contributed by atoms with Crippen molar-refractivity contribution in [2.24, 2.45) is 0 Å². The SMILES string of the molecule is O=S(=O)(O)c1ccc(OCc2ccc(F)cc2)cc1. The highest BCUT2D eigenvalue weighted by molar-refractivity contribution is 7.85. The summed E-state index contributed by atoms with van der Waals surface area (Å²) in [5.41, 5.74) is 0.792. The molecule has 100 valence electrons. The van der Waals surface area contributed by atoms with Crippen LogP contribution in [0.25, 0.3) is 0 Å². The molecule has 1 N–H and O–H groups in total. The topological polar surface area (TPSA) is 63.6 Å². The molecular formula is C13H11FO4S. The van der Waals surface area contributed by atoms with Crippen LogP contribution in [0.15, 0.2) is 53.4 Å². The van der Waals surface area contributed by atoms with Crippen LogP contribution in [-0.4, -0.2) is 13.0 Å². The van der Waals surface area contributed by atoms with Crippen molar-refractivity contribution in [2.45, 2.75) is 11.5 Å². The van der Waals surface area contributed by atoms with Gasteiger partial charge in [0.15, 0.2) is 0 Å². The first-order valence-corrected chi connectivity index (χ1v) is 6.84. The Hall–Kier alpha value is -1.92. The van der Waals surface area contributed by atoms with E-state index >= 15 is 0 Å². The second kappa shape index (κ2) is 5.38. The summed E-state index contributed by atoms with van der Waals surface area (Å²) in [7, 11) is -4.19. The molecule has 0 aliphatic carbocycles. The van der Waals surface area contributed by atoms with Gasteiger partial charge in [0.25, 0.3) is 10.1 Å². The van der Waals surface area contributed by atoms with E-state index in [-0.39, 0.29) is 17.3 Å². The Morgan fingerprint density at radius 2 is 1.58 bits per heavy atom. The second-order valence-corrected chi connectivity index (χ2v) is 5.28. The van der Waals surface area contributed by atoms with Gasteiger partial charge in [0.1, 0.15) is 18.2 Å². The van der Waals surface area contributed by atoms with E-state index in [0.717, 1.165) is 5.56 Å². The van der Waals surface area contributed by atoms with Gasteiger partial charge < -0.3 is 4.74 Å². The van der Waals surface area contributed by atoms with Crippen LogP contribution in [0.5, 0.6) is 5.75 Å². The molecule has 0 aliphatic heterocycles. The average Bonchev–Trinajstić information content (AvgIpc) is 2.37. The van der Waals surface area contributed by atoms with Gasteiger partial charge in [-0.3, -0.25) is 4.55 Å². The predicted molar refractivity (Wildman–Crippen MR) is 67.0 cm³/mol. The summed E-state index contributed by atoms with van der Waals surface area (Å²) in [6.07, 6.45) is 0. The third-order valence-electron chi connectivity index (χ3n) is 2.44. The van der Waals surface area contributed by atoms with Gasteiger partial charge in [0.05, 0.1) is 4.90 Å². The van der Waals surface area contributed by atoms with E-state index in [4.69, 9.17) is 9.29 Å². The van der Waals surface area contributed by atoms with Crippen LogP contribution >= 0.6 is 0 Å².